The van der Waals surface area contributed by atoms with E-state index in [0.717, 1.165) is 31.2 Å². The Bertz CT molecular complexity index is 1080. The van der Waals surface area contributed by atoms with Crippen LogP contribution in [0, 0.1) is 12.8 Å². The van der Waals surface area contributed by atoms with Gasteiger partial charge >= 0.3 is 0 Å². The molecule has 166 valence electrons. The fraction of sp³-hybridized carbons (Fsp3) is 0.478. The molecule has 1 fully saturated rings. The molecule has 1 amide bonds. The molecule has 31 heavy (non-hydrogen) atoms. The molecule has 2 aromatic rings. The largest absolute Gasteiger partial charge is 0.369 e. The Kier molecular flexibility index (Phi) is 7.89. The maximum Gasteiger partial charge on any atom is 0.267 e. The number of anilines is 1. The van der Waals surface area contributed by atoms with E-state index in [9.17, 15) is 9.59 Å². The molecule has 6 nitrogen and oxygen atoms in total. The Morgan fingerprint density at radius 2 is 2.03 bits per heavy atom. The van der Waals surface area contributed by atoms with Crippen LogP contribution in [0.3, 0.4) is 0 Å². The van der Waals surface area contributed by atoms with Crippen molar-refractivity contribution in [3.63, 3.8) is 0 Å². The average Bonchev–Trinajstić information content (AvgIpc) is 2.99. The van der Waals surface area contributed by atoms with Crippen molar-refractivity contribution in [2.45, 2.75) is 53.4 Å². The van der Waals surface area contributed by atoms with Crippen molar-refractivity contribution in [3.05, 3.63) is 44.7 Å². The van der Waals surface area contributed by atoms with Crippen LogP contribution >= 0.6 is 24.0 Å². The lowest BCUT2D eigenvalue weighted by Gasteiger charge is -2.14. The van der Waals surface area contributed by atoms with Crippen molar-refractivity contribution in [2.24, 2.45) is 5.92 Å². The molecule has 3 rings (SSSR count). The lowest BCUT2D eigenvalue weighted by atomic mass is 10.2. The summed E-state index contributed by atoms with van der Waals surface area (Å²) < 4.78 is 2.09. The molecular weight excluding hydrogens is 428 g/mol. The summed E-state index contributed by atoms with van der Waals surface area (Å²) >= 11 is 6.70. The minimum Gasteiger partial charge on any atom is -0.369 e. The first-order chi connectivity index (χ1) is 14.8. The molecule has 0 aliphatic carbocycles. The molecule has 2 aromatic heterocycles. The number of nitrogens with one attached hydrogen (secondary N) is 1. The van der Waals surface area contributed by atoms with E-state index in [1.807, 2.05) is 19.1 Å². The number of thioether (sulfide) groups is 1. The van der Waals surface area contributed by atoms with Gasteiger partial charge in [0.1, 0.15) is 15.8 Å². The Labute approximate surface area is 193 Å². The highest BCUT2D eigenvalue weighted by atomic mass is 32.2. The van der Waals surface area contributed by atoms with Crippen LogP contribution in [0.4, 0.5) is 5.82 Å². The summed E-state index contributed by atoms with van der Waals surface area (Å²) in [5, 5.41) is 3.30. The third kappa shape index (κ3) is 5.36. The fourth-order valence-corrected chi connectivity index (χ4v) is 4.69. The SMILES string of the molecule is CCCCCCN1C(=O)/C(=C/c2c(NCC(C)C)nc3c(C)cccn3c2=O)SC1=S. The molecule has 1 aliphatic rings. The summed E-state index contributed by atoms with van der Waals surface area (Å²) in [6.45, 7) is 9.57. The van der Waals surface area contributed by atoms with Crippen LogP contribution in [-0.4, -0.2) is 37.6 Å². The molecule has 0 atom stereocenters. The number of hydrogen-bond donors (Lipinski definition) is 1. The average molecular weight is 459 g/mol. The molecule has 0 saturated carbocycles. The van der Waals surface area contributed by atoms with Gasteiger partial charge in [-0.25, -0.2) is 4.98 Å². The second-order valence-electron chi connectivity index (χ2n) is 8.23. The smallest absolute Gasteiger partial charge is 0.267 e. The van der Waals surface area contributed by atoms with E-state index in [4.69, 9.17) is 17.2 Å². The molecule has 0 aromatic carbocycles. The Balaban J connectivity index is 1.99. The van der Waals surface area contributed by atoms with E-state index >= 15 is 0 Å². The number of pyridine rings is 1. The highest BCUT2D eigenvalue weighted by Gasteiger charge is 2.32. The van der Waals surface area contributed by atoms with Crippen LogP contribution in [0.5, 0.6) is 0 Å². The predicted octanol–water partition coefficient (Wildman–Crippen LogP) is 4.85. The first-order valence-corrected chi connectivity index (χ1v) is 12.1. The molecule has 8 heteroatoms. The monoisotopic (exact) mass is 458 g/mol. The molecule has 3 heterocycles. The summed E-state index contributed by atoms with van der Waals surface area (Å²) in [7, 11) is 0. The van der Waals surface area contributed by atoms with Gasteiger partial charge in [0.25, 0.3) is 11.5 Å². The number of carbonyl (C=O) groups excluding carboxylic acids is 1. The lowest BCUT2D eigenvalue weighted by Crippen LogP contribution is -2.29. The van der Waals surface area contributed by atoms with Crippen LogP contribution < -0.4 is 10.9 Å². The van der Waals surface area contributed by atoms with Gasteiger partial charge in [0.15, 0.2) is 0 Å². The van der Waals surface area contributed by atoms with Gasteiger partial charge < -0.3 is 5.32 Å². The normalized spacial score (nSPS) is 15.6. The second-order valence-corrected chi connectivity index (χ2v) is 9.91. The first kappa shape index (κ1) is 23.5. The number of fused-ring (bicyclic) bond motifs is 1. The van der Waals surface area contributed by atoms with Crippen LogP contribution in [-0.2, 0) is 4.79 Å². The van der Waals surface area contributed by atoms with E-state index in [1.165, 1.54) is 16.2 Å². The molecule has 1 aliphatic heterocycles. The molecule has 1 saturated heterocycles. The van der Waals surface area contributed by atoms with Crippen molar-refractivity contribution < 1.29 is 4.79 Å². The zero-order chi connectivity index (χ0) is 22.5. The Hall–Kier alpha value is -2.19. The van der Waals surface area contributed by atoms with Gasteiger partial charge in [0.05, 0.1) is 10.5 Å². The summed E-state index contributed by atoms with van der Waals surface area (Å²) in [5.41, 5.74) is 1.71. The van der Waals surface area contributed by atoms with Crippen LogP contribution in [0.2, 0.25) is 0 Å². The molecule has 0 radical (unpaired) electrons. The predicted molar refractivity (Wildman–Crippen MR) is 134 cm³/mol. The van der Waals surface area contributed by atoms with E-state index < -0.39 is 0 Å². The number of hydrogen-bond acceptors (Lipinski definition) is 6. The van der Waals surface area contributed by atoms with Crippen LogP contribution in [0.1, 0.15) is 57.6 Å². The molecular formula is C23H30N4O2S2. The van der Waals surface area contributed by atoms with Crippen molar-refractivity contribution in [1.29, 1.82) is 0 Å². The minimum atomic E-state index is -0.201. The number of amides is 1. The van der Waals surface area contributed by atoms with Crippen LogP contribution in [0.25, 0.3) is 11.7 Å². The number of nitrogens with zero attached hydrogens (tertiary/aromatic N) is 3. The van der Waals surface area contributed by atoms with Gasteiger partial charge in [-0.1, -0.05) is 70.1 Å². The summed E-state index contributed by atoms with van der Waals surface area (Å²) in [6, 6.07) is 3.75. The van der Waals surface area contributed by atoms with Gasteiger partial charge in [-0.3, -0.25) is 18.9 Å². The Morgan fingerprint density at radius 3 is 2.74 bits per heavy atom. The number of rotatable bonds is 9. The molecule has 0 spiro atoms. The van der Waals surface area contributed by atoms with E-state index in [0.29, 0.717) is 45.3 Å². The quantitative estimate of drug-likeness (QED) is 0.329. The number of carbonyl (C=O) groups is 1. The first-order valence-electron chi connectivity index (χ1n) is 10.8. The van der Waals surface area contributed by atoms with Gasteiger partial charge in [-0.2, -0.15) is 0 Å². The van der Waals surface area contributed by atoms with E-state index in [2.05, 4.69) is 26.1 Å². The lowest BCUT2D eigenvalue weighted by molar-refractivity contribution is -0.122. The van der Waals surface area contributed by atoms with Crippen molar-refractivity contribution in [2.75, 3.05) is 18.4 Å². The third-order valence-electron chi connectivity index (χ3n) is 5.15. The topological polar surface area (TPSA) is 66.7 Å². The van der Waals surface area contributed by atoms with Gasteiger partial charge in [0, 0.05) is 19.3 Å². The number of thiocarbonyl (C=S) groups is 1. The highest BCUT2D eigenvalue weighted by molar-refractivity contribution is 8.26. The zero-order valence-electron chi connectivity index (χ0n) is 18.6. The summed E-state index contributed by atoms with van der Waals surface area (Å²) in [6.07, 6.45) is 7.65. The molecule has 0 unspecified atom stereocenters. The van der Waals surface area contributed by atoms with Gasteiger partial charge in [0.2, 0.25) is 0 Å². The second kappa shape index (κ2) is 10.4. The minimum absolute atomic E-state index is 0.130. The maximum atomic E-state index is 13.3. The van der Waals surface area contributed by atoms with Crippen LogP contribution in [0.15, 0.2) is 28.0 Å². The standard InChI is InChI=1S/C23H30N4O2S2/c1-5-6-7-8-11-27-22(29)18(31-23(27)30)13-17-19(24-14-15(2)3)25-20-16(4)10-9-12-26(20)21(17)28/h9-10,12-13,15,24H,5-8,11,14H2,1-4H3/b18-13-. The van der Waals surface area contributed by atoms with Gasteiger partial charge in [-0.15, -0.1) is 0 Å². The number of unbranched alkanes of at least 4 members (excludes halogenated alkanes) is 3. The maximum absolute atomic E-state index is 13.3. The van der Waals surface area contributed by atoms with E-state index in [1.54, 1.807) is 17.2 Å². The fourth-order valence-electron chi connectivity index (χ4n) is 3.40. The zero-order valence-corrected chi connectivity index (χ0v) is 20.2. The van der Waals surface area contributed by atoms with Crippen molar-refractivity contribution in [1.82, 2.24) is 14.3 Å². The van der Waals surface area contributed by atoms with Gasteiger partial charge in [-0.05, 0) is 37.0 Å². The number of aryl methyl sites for hydroxylation is 1. The summed E-state index contributed by atoms with van der Waals surface area (Å²) in [4.78, 5) is 33.2. The van der Waals surface area contributed by atoms with Crippen molar-refractivity contribution >= 4 is 51.7 Å². The van der Waals surface area contributed by atoms with E-state index in [-0.39, 0.29) is 11.5 Å². The number of aromatic nitrogens is 2. The molecule has 0 bridgehead atoms. The molecule has 1 N–H and O–H groups in total. The third-order valence-corrected chi connectivity index (χ3v) is 6.52. The highest BCUT2D eigenvalue weighted by Crippen LogP contribution is 2.33. The Morgan fingerprint density at radius 1 is 1.26 bits per heavy atom. The van der Waals surface area contributed by atoms with Crippen molar-refractivity contribution in [3.8, 4) is 0 Å². The summed E-state index contributed by atoms with van der Waals surface area (Å²) in [5.74, 6) is 0.752.